The summed E-state index contributed by atoms with van der Waals surface area (Å²) in [5.41, 5.74) is 1.26. The Kier molecular flexibility index (Phi) is 4.01. The SMILES string of the molecule is CN1C(=O)[C@@H](NC(=O)OC(C)(C)C)COc2cc3nc(C4CC4)oc3cc21. The third-order valence-corrected chi connectivity index (χ3v) is 4.50. The Hall–Kier alpha value is -2.77. The number of carbonyl (C=O) groups is 2. The van der Waals surface area contributed by atoms with Crippen LogP contribution in [-0.2, 0) is 9.53 Å². The van der Waals surface area contributed by atoms with Gasteiger partial charge in [0.2, 0.25) is 0 Å². The van der Waals surface area contributed by atoms with E-state index >= 15 is 0 Å². The van der Waals surface area contributed by atoms with Gasteiger partial charge in [0, 0.05) is 25.1 Å². The number of nitrogens with zero attached hydrogens (tertiary/aromatic N) is 2. The first-order valence-electron chi connectivity index (χ1n) is 9.05. The van der Waals surface area contributed by atoms with E-state index in [1.54, 1.807) is 40.0 Å². The van der Waals surface area contributed by atoms with Gasteiger partial charge in [-0.25, -0.2) is 9.78 Å². The molecule has 0 spiro atoms. The number of nitrogens with one attached hydrogen (secondary N) is 1. The van der Waals surface area contributed by atoms with Crippen LogP contribution in [0.15, 0.2) is 16.5 Å². The third kappa shape index (κ3) is 3.56. The first-order chi connectivity index (χ1) is 12.7. The van der Waals surface area contributed by atoms with Crippen LogP contribution in [0.2, 0.25) is 0 Å². The topological polar surface area (TPSA) is 93.9 Å². The number of alkyl carbamates (subject to hydrolysis) is 1. The van der Waals surface area contributed by atoms with E-state index in [1.165, 1.54) is 4.90 Å². The summed E-state index contributed by atoms with van der Waals surface area (Å²) in [6.07, 6.45) is 1.53. The van der Waals surface area contributed by atoms with Crippen LogP contribution in [0.1, 0.15) is 45.4 Å². The number of fused-ring (bicyclic) bond motifs is 2. The largest absolute Gasteiger partial charge is 0.489 e. The normalized spacial score (nSPS) is 20.1. The molecule has 2 heterocycles. The average molecular weight is 373 g/mol. The zero-order valence-corrected chi connectivity index (χ0v) is 15.9. The van der Waals surface area contributed by atoms with E-state index in [4.69, 9.17) is 13.9 Å². The molecule has 1 aromatic carbocycles. The molecule has 27 heavy (non-hydrogen) atoms. The molecule has 2 aliphatic rings. The summed E-state index contributed by atoms with van der Waals surface area (Å²) in [5, 5.41) is 2.58. The molecular weight excluding hydrogens is 350 g/mol. The van der Waals surface area contributed by atoms with E-state index in [2.05, 4.69) is 10.3 Å². The van der Waals surface area contributed by atoms with Crippen LogP contribution in [0, 0.1) is 0 Å². The second kappa shape index (κ2) is 6.14. The van der Waals surface area contributed by atoms with Gasteiger partial charge >= 0.3 is 6.09 Å². The van der Waals surface area contributed by atoms with Crippen molar-refractivity contribution in [1.82, 2.24) is 10.3 Å². The summed E-state index contributed by atoms with van der Waals surface area (Å²) in [4.78, 5) is 30.8. The molecule has 0 unspecified atom stereocenters. The van der Waals surface area contributed by atoms with Crippen LogP contribution >= 0.6 is 0 Å². The standard InChI is InChI=1S/C19H23N3O5/c1-19(2,3)27-18(24)21-12-9-25-15-7-11-14(8-13(15)22(4)17(12)23)26-16(20-11)10-5-6-10/h7-8,10,12H,5-6,9H2,1-4H3,(H,21,24)/t12-/m0/s1. The Labute approximate surface area is 156 Å². The van der Waals surface area contributed by atoms with Gasteiger partial charge in [0.1, 0.15) is 29.5 Å². The zero-order valence-electron chi connectivity index (χ0n) is 15.9. The number of aromatic nitrogens is 1. The number of carbonyl (C=O) groups excluding carboxylic acids is 2. The molecule has 2 amide bonds. The summed E-state index contributed by atoms with van der Waals surface area (Å²) >= 11 is 0. The molecular formula is C19H23N3O5. The summed E-state index contributed by atoms with van der Waals surface area (Å²) < 4.78 is 16.9. The van der Waals surface area contributed by atoms with Crippen molar-refractivity contribution >= 4 is 28.8 Å². The van der Waals surface area contributed by atoms with Crippen molar-refractivity contribution in [2.45, 2.75) is 51.2 Å². The number of rotatable bonds is 2. The first-order valence-corrected chi connectivity index (χ1v) is 9.05. The average Bonchev–Trinajstić information content (AvgIpc) is 3.35. The fourth-order valence-electron chi connectivity index (χ4n) is 2.99. The highest BCUT2D eigenvalue weighted by atomic mass is 16.6. The Morgan fingerprint density at radius 1 is 1.33 bits per heavy atom. The highest BCUT2D eigenvalue weighted by Crippen LogP contribution is 2.42. The molecule has 144 valence electrons. The van der Waals surface area contributed by atoms with E-state index in [0.717, 1.165) is 18.7 Å². The number of benzene rings is 1. The number of likely N-dealkylation sites (N-methyl/N-ethyl adjacent to an activating group) is 1. The molecule has 1 fully saturated rings. The molecule has 0 radical (unpaired) electrons. The Bertz CT molecular complexity index is 910. The molecule has 1 atom stereocenters. The molecule has 1 saturated carbocycles. The van der Waals surface area contributed by atoms with Crippen LogP contribution < -0.4 is 15.0 Å². The predicted molar refractivity (Wildman–Crippen MR) is 98.0 cm³/mol. The quantitative estimate of drug-likeness (QED) is 0.870. The fourth-order valence-corrected chi connectivity index (χ4v) is 2.99. The number of hydrogen-bond acceptors (Lipinski definition) is 6. The van der Waals surface area contributed by atoms with Gasteiger partial charge < -0.3 is 24.1 Å². The summed E-state index contributed by atoms with van der Waals surface area (Å²) in [5.74, 6) is 1.38. The van der Waals surface area contributed by atoms with Crippen LogP contribution in [-0.4, -0.2) is 42.3 Å². The Balaban J connectivity index is 1.57. The summed E-state index contributed by atoms with van der Waals surface area (Å²) in [6.45, 7) is 5.29. The molecule has 8 heteroatoms. The third-order valence-electron chi connectivity index (χ3n) is 4.50. The Morgan fingerprint density at radius 3 is 2.74 bits per heavy atom. The monoisotopic (exact) mass is 373 g/mol. The van der Waals surface area contributed by atoms with Gasteiger partial charge in [-0.2, -0.15) is 0 Å². The lowest BCUT2D eigenvalue weighted by atomic mass is 10.2. The summed E-state index contributed by atoms with van der Waals surface area (Å²) in [6, 6.07) is 2.69. The molecule has 1 aliphatic carbocycles. The maximum Gasteiger partial charge on any atom is 0.408 e. The molecule has 2 aromatic rings. The highest BCUT2D eigenvalue weighted by Gasteiger charge is 2.33. The lowest BCUT2D eigenvalue weighted by Gasteiger charge is -2.23. The molecule has 8 nitrogen and oxygen atoms in total. The van der Waals surface area contributed by atoms with Crippen LogP contribution in [0.3, 0.4) is 0 Å². The van der Waals surface area contributed by atoms with Crippen molar-refractivity contribution in [3.05, 3.63) is 18.0 Å². The van der Waals surface area contributed by atoms with E-state index < -0.39 is 17.7 Å². The van der Waals surface area contributed by atoms with Crippen molar-refractivity contribution in [2.24, 2.45) is 0 Å². The maximum absolute atomic E-state index is 12.8. The van der Waals surface area contributed by atoms with Crippen molar-refractivity contribution in [3.63, 3.8) is 0 Å². The maximum atomic E-state index is 12.8. The number of amides is 2. The summed E-state index contributed by atoms with van der Waals surface area (Å²) in [7, 11) is 1.64. The molecule has 0 saturated heterocycles. The van der Waals surface area contributed by atoms with E-state index in [1.807, 2.05) is 0 Å². The lowest BCUT2D eigenvalue weighted by molar-refractivity contribution is -0.120. The van der Waals surface area contributed by atoms with Gasteiger partial charge in [-0.3, -0.25) is 4.79 Å². The molecule has 1 N–H and O–H groups in total. The smallest absolute Gasteiger partial charge is 0.408 e. The van der Waals surface area contributed by atoms with Crippen molar-refractivity contribution in [3.8, 4) is 5.75 Å². The minimum absolute atomic E-state index is 0.00819. The molecule has 0 bridgehead atoms. The van der Waals surface area contributed by atoms with Crippen molar-refractivity contribution < 1.29 is 23.5 Å². The van der Waals surface area contributed by atoms with Gasteiger partial charge in [0.25, 0.3) is 5.91 Å². The van der Waals surface area contributed by atoms with Gasteiger partial charge in [0.15, 0.2) is 11.5 Å². The van der Waals surface area contributed by atoms with Gasteiger partial charge in [0.05, 0.1) is 5.69 Å². The van der Waals surface area contributed by atoms with Crippen molar-refractivity contribution in [2.75, 3.05) is 18.6 Å². The van der Waals surface area contributed by atoms with Gasteiger partial charge in [-0.1, -0.05) is 0 Å². The van der Waals surface area contributed by atoms with Gasteiger partial charge in [-0.15, -0.1) is 0 Å². The number of ether oxygens (including phenoxy) is 2. The zero-order chi connectivity index (χ0) is 19.3. The molecule has 1 aliphatic heterocycles. The van der Waals surface area contributed by atoms with Crippen LogP contribution in [0.5, 0.6) is 5.75 Å². The number of anilines is 1. The minimum atomic E-state index is -0.849. The minimum Gasteiger partial charge on any atom is -0.489 e. The second-order valence-electron chi connectivity index (χ2n) is 8.02. The van der Waals surface area contributed by atoms with Crippen molar-refractivity contribution in [1.29, 1.82) is 0 Å². The fraction of sp³-hybridized carbons (Fsp3) is 0.526. The van der Waals surface area contributed by atoms with Crippen LogP contribution in [0.25, 0.3) is 11.1 Å². The number of hydrogen-bond donors (Lipinski definition) is 1. The lowest BCUT2D eigenvalue weighted by Crippen LogP contribution is -2.50. The van der Waals surface area contributed by atoms with E-state index in [0.29, 0.717) is 28.5 Å². The second-order valence-corrected chi connectivity index (χ2v) is 8.02. The van der Waals surface area contributed by atoms with E-state index in [-0.39, 0.29) is 12.5 Å². The predicted octanol–water partition coefficient (Wildman–Crippen LogP) is 2.95. The molecule has 1 aromatic heterocycles. The van der Waals surface area contributed by atoms with E-state index in [9.17, 15) is 9.59 Å². The first kappa shape index (κ1) is 17.6. The Morgan fingerprint density at radius 2 is 2.07 bits per heavy atom. The van der Waals surface area contributed by atoms with Crippen LogP contribution in [0.4, 0.5) is 10.5 Å². The van der Waals surface area contributed by atoms with Gasteiger partial charge in [-0.05, 0) is 33.6 Å². The highest BCUT2D eigenvalue weighted by molar-refractivity contribution is 6.01. The molecule has 4 rings (SSSR count). The number of oxazole rings is 1.